The molecule has 0 unspecified atom stereocenters. The van der Waals surface area contributed by atoms with Gasteiger partial charge < -0.3 is 15.8 Å². The van der Waals surface area contributed by atoms with Gasteiger partial charge in [0, 0.05) is 17.4 Å². The molecule has 1 atom stereocenters. The van der Waals surface area contributed by atoms with Crippen LogP contribution in [0.1, 0.15) is 40.0 Å². The number of amides is 1. The third kappa shape index (κ3) is 4.05. The molecule has 1 aromatic carbocycles. The molecule has 0 bridgehead atoms. The third-order valence-electron chi connectivity index (χ3n) is 4.74. The molecule has 1 aliphatic rings. The van der Waals surface area contributed by atoms with E-state index in [4.69, 9.17) is 15.7 Å². The minimum atomic E-state index is -3.05. The third-order valence-corrected chi connectivity index (χ3v) is 4.74. The summed E-state index contributed by atoms with van der Waals surface area (Å²) in [6.45, 7) is 1.69. The molecule has 0 saturated carbocycles. The Morgan fingerprint density at radius 2 is 2.17 bits per heavy atom. The van der Waals surface area contributed by atoms with Crippen LogP contribution in [0.15, 0.2) is 35.5 Å². The molecule has 1 aromatic heterocycles. The standard InChI is InChI=1S/C20H18F3N5O2/c1-11-7-12(9-24)10-26-16(11)17(29)27-13-3-4-15(21)14(8-13)20(18(22)23)5-2-6-30-19(25)28-20/h3-4,7-8,10,18H,2,5-6H2,1H3,(H2,25,28)(H,27,29)/t20-/m0/s1. The molecule has 0 spiro atoms. The largest absolute Gasteiger partial charge is 0.465 e. The van der Waals surface area contributed by atoms with Crippen molar-refractivity contribution in [2.24, 2.45) is 10.7 Å². The molecule has 7 nitrogen and oxygen atoms in total. The summed E-state index contributed by atoms with van der Waals surface area (Å²) in [7, 11) is 0. The summed E-state index contributed by atoms with van der Waals surface area (Å²) in [6, 6.07) is 6.30. The molecule has 0 saturated heterocycles. The first kappa shape index (κ1) is 21.1. The lowest BCUT2D eigenvalue weighted by Crippen LogP contribution is -2.35. The average molecular weight is 417 g/mol. The number of alkyl halides is 2. The monoisotopic (exact) mass is 417 g/mol. The molecule has 30 heavy (non-hydrogen) atoms. The van der Waals surface area contributed by atoms with Gasteiger partial charge in [0.2, 0.25) is 0 Å². The van der Waals surface area contributed by atoms with Crippen LogP contribution in [0.3, 0.4) is 0 Å². The molecule has 1 amide bonds. The Morgan fingerprint density at radius 1 is 1.40 bits per heavy atom. The first-order valence-corrected chi connectivity index (χ1v) is 9.01. The van der Waals surface area contributed by atoms with Gasteiger partial charge >= 0.3 is 0 Å². The first-order chi connectivity index (χ1) is 14.3. The van der Waals surface area contributed by atoms with E-state index in [0.29, 0.717) is 5.56 Å². The van der Waals surface area contributed by atoms with Gasteiger partial charge in [-0.3, -0.25) is 4.79 Å². The van der Waals surface area contributed by atoms with Crippen molar-refractivity contribution in [3.63, 3.8) is 0 Å². The highest BCUT2D eigenvalue weighted by molar-refractivity contribution is 6.03. The number of aryl methyl sites for hydroxylation is 1. The Kier molecular flexibility index (Phi) is 5.91. The maximum atomic E-state index is 14.6. The van der Waals surface area contributed by atoms with Crippen LogP contribution in [0, 0.1) is 24.1 Å². The number of carbonyl (C=O) groups excluding carboxylic acids is 1. The maximum absolute atomic E-state index is 14.6. The SMILES string of the molecule is Cc1cc(C#N)cnc1C(=O)Nc1ccc(F)c([C@]2(C(F)F)CCCOC(N)=N2)c1. The topological polar surface area (TPSA) is 113 Å². The summed E-state index contributed by atoms with van der Waals surface area (Å²) in [5.41, 5.74) is 3.80. The maximum Gasteiger partial charge on any atom is 0.283 e. The highest BCUT2D eigenvalue weighted by atomic mass is 19.3. The minimum Gasteiger partial charge on any atom is -0.465 e. The molecule has 0 aliphatic carbocycles. The number of rotatable bonds is 4. The van der Waals surface area contributed by atoms with E-state index < -0.39 is 35.3 Å². The first-order valence-electron chi connectivity index (χ1n) is 9.01. The van der Waals surface area contributed by atoms with E-state index in [1.165, 1.54) is 18.3 Å². The zero-order valence-electron chi connectivity index (χ0n) is 16.0. The van der Waals surface area contributed by atoms with Crippen LogP contribution in [0.5, 0.6) is 0 Å². The lowest BCUT2D eigenvalue weighted by atomic mass is 9.85. The molecular weight excluding hydrogens is 399 g/mol. The Morgan fingerprint density at radius 3 is 2.83 bits per heavy atom. The predicted molar refractivity (Wildman–Crippen MR) is 103 cm³/mol. The normalized spacial score (nSPS) is 18.7. The number of ether oxygens (including phenoxy) is 1. The molecule has 0 fully saturated rings. The van der Waals surface area contributed by atoms with Crippen molar-refractivity contribution >= 4 is 17.6 Å². The Labute approximate surface area is 170 Å². The minimum absolute atomic E-state index is 0.0496. The molecule has 1 aliphatic heterocycles. The smallest absolute Gasteiger partial charge is 0.283 e. The number of aromatic nitrogens is 1. The van der Waals surface area contributed by atoms with Gasteiger partial charge in [0.1, 0.15) is 17.6 Å². The van der Waals surface area contributed by atoms with Gasteiger partial charge in [-0.1, -0.05) is 0 Å². The average Bonchev–Trinajstić information content (AvgIpc) is 2.91. The zero-order valence-corrected chi connectivity index (χ0v) is 16.0. The van der Waals surface area contributed by atoms with Gasteiger partial charge in [0.15, 0.2) is 5.54 Å². The van der Waals surface area contributed by atoms with Crippen LogP contribution in [0.25, 0.3) is 0 Å². The van der Waals surface area contributed by atoms with Crippen molar-refractivity contribution in [1.82, 2.24) is 4.98 Å². The van der Waals surface area contributed by atoms with Gasteiger partial charge in [0.05, 0.1) is 12.2 Å². The number of pyridine rings is 1. The van der Waals surface area contributed by atoms with Crippen molar-refractivity contribution in [3.8, 4) is 6.07 Å². The van der Waals surface area contributed by atoms with Crippen LogP contribution in [-0.4, -0.2) is 29.9 Å². The molecule has 2 aromatic rings. The number of nitrogens with two attached hydrogens (primary N) is 1. The Bertz CT molecular complexity index is 1050. The fourth-order valence-electron chi connectivity index (χ4n) is 3.27. The highest BCUT2D eigenvalue weighted by Gasteiger charge is 2.45. The summed E-state index contributed by atoms with van der Waals surface area (Å²) in [5.74, 6) is -1.53. The van der Waals surface area contributed by atoms with Crippen molar-refractivity contribution in [2.75, 3.05) is 11.9 Å². The zero-order chi connectivity index (χ0) is 21.9. The number of aliphatic imine (C=N–C) groups is 1. The van der Waals surface area contributed by atoms with Gasteiger partial charge in [-0.05, 0) is 49.6 Å². The second kappa shape index (κ2) is 8.41. The van der Waals surface area contributed by atoms with Crippen molar-refractivity contribution in [1.29, 1.82) is 5.26 Å². The van der Waals surface area contributed by atoms with Gasteiger partial charge in [0.25, 0.3) is 18.4 Å². The second-order valence-electron chi connectivity index (χ2n) is 6.78. The number of benzene rings is 1. The molecule has 2 heterocycles. The number of nitrogens with zero attached hydrogens (tertiary/aromatic N) is 3. The van der Waals surface area contributed by atoms with Crippen LogP contribution in [0.4, 0.5) is 18.9 Å². The van der Waals surface area contributed by atoms with E-state index in [1.807, 2.05) is 6.07 Å². The molecule has 0 radical (unpaired) electrons. The fraction of sp³-hybridized carbons (Fsp3) is 0.300. The van der Waals surface area contributed by atoms with Gasteiger partial charge in [-0.25, -0.2) is 23.1 Å². The van der Waals surface area contributed by atoms with E-state index in [2.05, 4.69) is 15.3 Å². The number of hydrogen-bond acceptors (Lipinski definition) is 6. The number of nitriles is 1. The van der Waals surface area contributed by atoms with Gasteiger partial charge in [-0.15, -0.1) is 0 Å². The van der Waals surface area contributed by atoms with E-state index in [1.54, 1.807) is 6.92 Å². The van der Waals surface area contributed by atoms with Crippen molar-refractivity contribution in [2.45, 2.75) is 31.7 Å². The lowest BCUT2D eigenvalue weighted by molar-refractivity contribution is 0.0460. The number of hydrogen-bond donors (Lipinski definition) is 2. The predicted octanol–water partition coefficient (Wildman–Crippen LogP) is 3.24. The summed E-state index contributed by atoms with van der Waals surface area (Å²) < 4.78 is 47.8. The van der Waals surface area contributed by atoms with E-state index in [9.17, 15) is 18.0 Å². The number of halogens is 3. The number of amidine groups is 1. The number of nitrogens with one attached hydrogen (secondary N) is 1. The van der Waals surface area contributed by atoms with Crippen LogP contribution < -0.4 is 11.1 Å². The van der Waals surface area contributed by atoms with Gasteiger partial charge in [-0.2, -0.15) is 5.26 Å². The molecule has 10 heteroatoms. The number of anilines is 1. The Balaban J connectivity index is 1.98. The quantitative estimate of drug-likeness (QED) is 0.793. The van der Waals surface area contributed by atoms with Crippen molar-refractivity contribution in [3.05, 3.63) is 58.7 Å². The summed E-state index contributed by atoms with van der Waals surface area (Å²) in [6.07, 6.45) is -1.80. The van der Waals surface area contributed by atoms with E-state index in [-0.39, 0.29) is 36.4 Å². The summed E-state index contributed by atoms with van der Waals surface area (Å²) in [5, 5.41) is 11.4. The van der Waals surface area contributed by atoms with Crippen LogP contribution in [0.2, 0.25) is 0 Å². The number of carbonyl (C=O) groups is 1. The second-order valence-corrected chi connectivity index (χ2v) is 6.78. The van der Waals surface area contributed by atoms with Crippen molar-refractivity contribution < 1.29 is 22.7 Å². The summed E-state index contributed by atoms with van der Waals surface area (Å²) >= 11 is 0. The lowest BCUT2D eigenvalue weighted by Gasteiger charge is -2.29. The highest BCUT2D eigenvalue weighted by Crippen LogP contribution is 2.41. The van der Waals surface area contributed by atoms with Crippen LogP contribution in [-0.2, 0) is 10.3 Å². The molecule has 3 N–H and O–H groups in total. The Hall–Kier alpha value is -3.61. The molecular formula is C20H18F3N5O2. The van der Waals surface area contributed by atoms with E-state index >= 15 is 0 Å². The fourth-order valence-corrected chi connectivity index (χ4v) is 3.27. The van der Waals surface area contributed by atoms with E-state index in [0.717, 1.165) is 12.1 Å². The molecule has 156 valence electrons. The molecule has 3 rings (SSSR count). The summed E-state index contributed by atoms with van der Waals surface area (Å²) in [4.78, 5) is 20.3. The van der Waals surface area contributed by atoms with Crippen LogP contribution >= 0.6 is 0 Å².